The lowest BCUT2D eigenvalue weighted by Gasteiger charge is -2.12. The molecule has 5 nitrogen and oxygen atoms in total. The number of hydrogen-bond donors (Lipinski definition) is 1. The monoisotopic (exact) mass is 322 g/mol. The number of fused-ring (bicyclic) bond motifs is 1. The molecule has 0 aliphatic carbocycles. The van der Waals surface area contributed by atoms with Crippen LogP contribution in [-0.4, -0.2) is 34.6 Å². The molecule has 3 heterocycles. The second kappa shape index (κ2) is 4.90. The Kier molecular flexibility index (Phi) is 3.07. The van der Waals surface area contributed by atoms with Crippen molar-refractivity contribution in [1.82, 2.24) is 14.9 Å². The maximum atomic E-state index is 12.5. The maximum Gasteiger partial charge on any atom is 0.419 e. The van der Waals surface area contributed by atoms with Crippen molar-refractivity contribution >= 4 is 11.6 Å². The van der Waals surface area contributed by atoms with Crippen molar-refractivity contribution in [2.24, 2.45) is 0 Å². The summed E-state index contributed by atoms with van der Waals surface area (Å²) in [6.07, 6.45) is -2.91. The zero-order chi connectivity index (χ0) is 16.1. The molecule has 120 valence electrons. The largest absolute Gasteiger partial charge is 0.419 e. The van der Waals surface area contributed by atoms with Gasteiger partial charge in [0.1, 0.15) is 0 Å². The fraction of sp³-hybridized carbons (Fsp3) is 0.333. The molecule has 4 rings (SSSR count). The lowest BCUT2D eigenvalue weighted by Crippen LogP contribution is -2.12. The van der Waals surface area contributed by atoms with Crippen LogP contribution < -0.4 is 5.32 Å². The first-order valence-electron chi connectivity index (χ1n) is 7.13. The average Bonchev–Trinajstić information content (AvgIpc) is 3.09. The fourth-order valence-corrected chi connectivity index (χ4v) is 2.78. The zero-order valence-electron chi connectivity index (χ0n) is 12.0. The molecule has 2 aromatic rings. The second-order valence-corrected chi connectivity index (χ2v) is 5.55. The number of anilines is 2. The molecule has 23 heavy (non-hydrogen) atoms. The van der Waals surface area contributed by atoms with Gasteiger partial charge in [0.05, 0.1) is 12.2 Å². The van der Waals surface area contributed by atoms with E-state index >= 15 is 0 Å². The summed E-state index contributed by atoms with van der Waals surface area (Å²) < 4.78 is 43.2. The van der Waals surface area contributed by atoms with Crippen molar-refractivity contribution in [3.63, 3.8) is 0 Å². The van der Waals surface area contributed by atoms with Crippen LogP contribution in [0.3, 0.4) is 0 Å². The van der Waals surface area contributed by atoms with E-state index in [9.17, 15) is 13.2 Å². The third-order valence-electron chi connectivity index (χ3n) is 4.09. The SMILES string of the molecule is FC(F)(F)c1cnc(Nc2ccc(C34CN3CCO4)cc2)nc1. The van der Waals surface area contributed by atoms with Crippen LogP contribution in [0.4, 0.5) is 24.8 Å². The topological polar surface area (TPSA) is 50.0 Å². The molecular formula is C15H13F3N4O. The van der Waals surface area contributed by atoms with Crippen molar-refractivity contribution in [3.8, 4) is 0 Å². The van der Waals surface area contributed by atoms with Gasteiger partial charge in [-0.25, -0.2) is 9.97 Å². The highest BCUT2D eigenvalue weighted by Crippen LogP contribution is 2.47. The molecule has 2 unspecified atom stereocenters. The number of halogens is 3. The molecule has 0 radical (unpaired) electrons. The summed E-state index contributed by atoms with van der Waals surface area (Å²) in [5.74, 6) is 0.120. The van der Waals surface area contributed by atoms with Gasteiger partial charge in [-0.1, -0.05) is 12.1 Å². The summed E-state index contributed by atoms with van der Waals surface area (Å²) >= 11 is 0. The Hall–Kier alpha value is -2.19. The van der Waals surface area contributed by atoms with E-state index in [0.29, 0.717) is 5.69 Å². The third kappa shape index (κ3) is 2.53. The number of aromatic nitrogens is 2. The van der Waals surface area contributed by atoms with Crippen molar-refractivity contribution < 1.29 is 17.9 Å². The smallest absolute Gasteiger partial charge is 0.353 e. The van der Waals surface area contributed by atoms with Crippen LogP contribution >= 0.6 is 0 Å². The van der Waals surface area contributed by atoms with Crippen LogP contribution in [0.15, 0.2) is 36.7 Å². The minimum atomic E-state index is -4.43. The van der Waals surface area contributed by atoms with Crippen molar-refractivity contribution in [1.29, 1.82) is 0 Å². The number of hydrogen-bond acceptors (Lipinski definition) is 5. The van der Waals surface area contributed by atoms with E-state index < -0.39 is 11.7 Å². The summed E-state index contributed by atoms with van der Waals surface area (Å²) in [7, 11) is 0. The van der Waals surface area contributed by atoms with Gasteiger partial charge in [0.15, 0.2) is 5.72 Å². The van der Waals surface area contributed by atoms with Gasteiger partial charge in [-0.15, -0.1) is 0 Å². The van der Waals surface area contributed by atoms with E-state index in [1.165, 1.54) is 0 Å². The molecule has 0 amide bonds. The van der Waals surface area contributed by atoms with E-state index in [1.807, 2.05) is 24.3 Å². The summed E-state index contributed by atoms with van der Waals surface area (Å²) in [6.45, 7) is 2.58. The van der Waals surface area contributed by atoms with Gasteiger partial charge in [0, 0.05) is 36.7 Å². The minimum Gasteiger partial charge on any atom is -0.353 e. The molecule has 2 aliphatic heterocycles. The molecule has 1 aromatic carbocycles. The van der Waals surface area contributed by atoms with Crippen LogP contribution in [0.1, 0.15) is 11.1 Å². The lowest BCUT2D eigenvalue weighted by atomic mass is 10.1. The lowest BCUT2D eigenvalue weighted by molar-refractivity contribution is -0.138. The minimum absolute atomic E-state index is 0.120. The van der Waals surface area contributed by atoms with Crippen molar-refractivity contribution in [2.75, 3.05) is 25.0 Å². The summed E-state index contributed by atoms with van der Waals surface area (Å²) in [5.41, 5.74) is 0.650. The molecule has 1 N–H and O–H groups in total. The van der Waals surface area contributed by atoms with E-state index in [4.69, 9.17) is 4.74 Å². The molecule has 8 heteroatoms. The van der Waals surface area contributed by atoms with Gasteiger partial charge in [-0.3, -0.25) is 4.90 Å². The predicted molar refractivity (Wildman–Crippen MR) is 76.0 cm³/mol. The average molecular weight is 322 g/mol. The Bertz CT molecular complexity index is 717. The summed E-state index contributed by atoms with van der Waals surface area (Å²) in [5, 5.41) is 2.88. The number of nitrogens with zero attached hydrogens (tertiary/aromatic N) is 3. The highest BCUT2D eigenvalue weighted by molar-refractivity contribution is 5.54. The molecule has 1 aromatic heterocycles. The van der Waals surface area contributed by atoms with E-state index in [2.05, 4.69) is 20.2 Å². The molecule has 0 saturated carbocycles. The first kappa shape index (κ1) is 14.4. The Morgan fingerprint density at radius 1 is 1.13 bits per heavy atom. The Labute approximate surface area is 130 Å². The number of benzene rings is 1. The Balaban J connectivity index is 1.47. The summed E-state index contributed by atoms with van der Waals surface area (Å²) in [6, 6.07) is 7.56. The zero-order valence-corrected chi connectivity index (χ0v) is 12.0. The standard InChI is InChI=1S/C15H13F3N4O/c16-15(17,18)11-7-19-13(20-8-11)21-12-3-1-10(2-4-12)14-9-22(14)5-6-23-14/h1-4,7-8H,5-6,9H2,(H,19,20,21). The third-order valence-corrected chi connectivity index (χ3v) is 4.09. The molecule has 0 spiro atoms. The number of ether oxygens (including phenoxy) is 1. The Morgan fingerprint density at radius 2 is 1.83 bits per heavy atom. The van der Waals surface area contributed by atoms with Crippen LogP contribution in [0.25, 0.3) is 0 Å². The number of morpholine rings is 1. The normalized spacial score (nSPS) is 26.0. The van der Waals surface area contributed by atoms with Gasteiger partial charge in [0.25, 0.3) is 0 Å². The van der Waals surface area contributed by atoms with Crippen LogP contribution in [0, 0.1) is 0 Å². The number of nitrogens with one attached hydrogen (secondary N) is 1. The quantitative estimate of drug-likeness (QED) is 0.881. The molecule has 2 fully saturated rings. The first-order valence-corrected chi connectivity index (χ1v) is 7.13. The molecular weight excluding hydrogens is 309 g/mol. The van der Waals surface area contributed by atoms with Gasteiger partial charge in [-0.2, -0.15) is 13.2 Å². The molecule has 2 saturated heterocycles. The fourth-order valence-electron chi connectivity index (χ4n) is 2.78. The van der Waals surface area contributed by atoms with Gasteiger partial charge in [-0.05, 0) is 12.1 Å². The molecule has 2 atom stereocenters. The predicted octanol–water partition coefficient (Wildman–Crippen LogP) is 2.74. The van der Waals surface area contributed by atoms with Gasteiger partial charge < -0.3 is 10.1 Å². The summed E-state index contributed by atoms with van der Waals surface area (Å²) in [4.78, 5) is 9.62. The highest BCUT2D eigenvalue weighted by atomic mass is 19.4. The van der Waals surface area contributed by atoms with E-state index in [1.54, 1.807) is 0 Å². The molecule has 2 aliphatic rings. The van der Waals surface area contributed by atoms with Crippen LogP contribution in [0.2, 0.25) is 0 Å². The first-order chi connectivity index (χ1) is 11.0. The maximum absolute atomic E-state index is 12.5. The number of alkyl halides is 3. The van der Waals surface area contributed by atoms with Crippen LogP contribution in [0.5, 0.6) is 0 Å². The van der Waals surface area contributed by atoms with Gasteiger partial charge >= 0.3 is 6.18 Å². The van der Waals surface area contributed by atoms with Gasteiger partial charge in [0.2, 0.25) is 5.95 Å². The van der Waals surface area contributed by atoms with Crippen LogP contribution in [-0.2, 0) is 16.6 Å². The Morgan fingerprint density at radius 3 is 2.35 bits per heavy atom. The van der Waals surface area contributed by atoms with E-state index in [0.717, 1.165) is 37.7 Å². The molecule has 0 bridgehead atoms. The highest BCUT2D eigenvalue weighted by Gasteiger charge is 2.58. The van der Waals surface area contributed by atoms with Crippen molar-refractivity contribution in [2.45, 2.75) is 11.9 Å². The van der Waals surface area contributed by atoms with Crippen molar-refractivity contribution in [3.05, 3.63) is 47.8 Å². The van der Waals surface area contributed by atoms with E-state index in [-0.39, 0.29) is 11.7 Å². The number of rotatable bonds is 3. The second-order valence-electron chi connectivity index (χ2n) is 5.55.